The van der Waals surface area contributed by atoms with Crippen molar-refractivity contribution in [3.05, 3.63) is 35.1 Å². The summed E-state index contributed by atoms with van der Waals surface area (Å²) >= 11 is 0. The van der Waals surface area contributed by atoms with E-state index in [1.54, 1.807) is 6.07 Å². The van der Waals surface area contributed by atoms with Crippen LogP contribution in [0.25, 0.3) is 0 Å². The molecule has 3 heteroatoms. The van der Waals surface area contributed by atoms with Gasteiger partial charge in [-0.2, -0.15) is 0 Å². The number of rotatable bonds is 1. The Kier molecular flexibility index (Phi) is 2.09. The summed E-state index contributed by atoms with van der Waals surface area (Å²) in [5.41, 5.74) is 6.26. The summed E-state index contributed by atoms with van der Waals surface area (Å²) in [6.45, 7) is 2.12. The van der Waals surface area contributed by atoms with E-state index in [0.29, 0.717) is 6.42 Å². The average molecular weight is 195 g/mol. The Morgan fingerprint density at radius 1 is 1.64 bits per heavy atom. The van der Waals surface area contributed by atoms with Gasteiger partial charge >= 0.3 is 0 Å². The van der Waals surface area contributed by atoms with Crippen LogP contribution in [-0.4, -0.2) is 11.7 Å². The third-order valence-electron chi connectivity index (χ3n) is 3.19. The lowest BCUT2D eigenvalue weighted by atomic mass is 9.89. The van der Waals surface area contributed by atoms with Gasteiger partial charge < -0.3 is 10.8 Å². The minimum atomic E-state index is -0.969. The Morgan fingerprint density at radius 2 is 2.36 bits per heavy atom. The molecule has 0 spiro atoms. The average Bonchev–Trinajstić information content (AvgIpc) is 2.39. The molecule has 0 amide bonds. The Labute approximate surface area is 82.5 Å². The number of aliphatic hydroxyl groups is 1. The first-order chi connectivity index (χ1) is 6.58. The molecule has 0 saturated heterocycles. The second-order valence-corrected chi connectivity index (χ2v) is 4.04. The van der Waals surface area contributed by atoms with Crippen molar-refractivity contribution in [2.75, 3.05) is 6.54 Å². The molecule has 76 valence electrons. The quantitative estimate of drug-likeness (QED) is 0.706. The molecular weight excluding hydrogens is 181 g/mol. The maximum atomic E-state index is 12.9. The molecule has 0 fully saturated rings. The second kappa shape index (κ2) is 3.04. The highest BCUT2D eigenvalue weighted by Crippen LogP contribution is 2.40. The van der Waals surface area contributed by atoms with Crippen molar-refractivity contribution in [2.45, 2.75) is 18.9 Å². The Bertz CT molecular complexity index is 366. The molecule has 1 aliphatic carbocycles. The molecule has 3 N–H and O–H groups in total. The molecule has 14 heavy (non-hydrogen) atoms. The fourth-order valence-corrected chi connectivity index (χ4v) is 2.23. The van der Waals surface area contributed by atoms with E-state index in [9.17, 15) is 9.50 Å². The Morgan fingerprint density at radius 3 is 3.00 bits per heavy atom. The van der Waals surface area contributed by atoms with Gasteiger partial charge in [0.05, 0.1) is 0 Å². The van der Waals surface area contributed by atoms with Crippen LogP contribution in [-0.2, 0) is 12.0 Å². The van der Waals surface area contributed by atoms with Crippen LogP contribution >= 0.6 is 0 Å². The lowest BCUT2D eigenvalue weighted by molar-refractivity contribution is 0.00497. The predicted octanol–water partition coefficient (Wildman–Crippen LogP) is 1.16. The van der Waals surface area contributed by atoms with Crippen LogP contribution in [0.3, 0.4) is 0 Å². The van der Waals surface area contributed by atoms with Gasteiger partial charge in [0.25, 0.3) is 0 Å². The first kappa shape index (κ1) is 9.62. The van der Waals surface area contributed by atoms with Gasteiger partial charge in [-0.1, -0.05) is 13.0 Å². The maximum Gasteiger partial charge on any atom is 0.123 e. The first-order valence-electron chi connectivity index (χ1n) is 4.79. The van der Waals surface area contributed by atoms with Gasteiger partial charge in [0.15, 0.2) is 0 Å². The lowest BCUT2D eigenvalue weighted by Crippen LogP contribution is -2.38. The molecule has 1 aromatic rings. The Hall–Kier alpha value is -0.930. The van der Waals surface area contributed by atoms with E-state index in [-0.39, 0.29) is 18.3 Å². The number of hydrogen-bond acceptors (Lipinski definition) is 2. The molecule has 0 radical (unpaired) electrons. The largest absolute Gasteiger partial charge is 0.384 e. The van der Waals surface area contributed by atoms with E-state index in [1.807, 2.05) is 6.92 Å². The normalized spacial score (nSPS) is 30.4. The highest BCUT2D eigenvalue weighted by molar-refractivity contribution is 5.39. The van der Waals surface area contributed by atoms with E-state index < -0.39 is 5.60 Å². The SMILES string of the molecule is CC1Cc2cc(F)ccc2C1(O)CN. The predicted molar refractivity (Wildman–Crippen MR) is 52.2 cm³/mol. The Balaban J connectivity index is 2.53. The number of nitrogens with two attached hydrogens (primary N) is 1. The molecule has 0 heterocycles. The zero-order valence-electron chi connectivity index (χ0n) is 8.13. The van der Waals surface area contributed by atoms with E-state index in [4.69, 9.17) is 5.73 Å². The van der Waals surface area contributed by atoms with Gasteiger partial charge in [-0.05, 0) is 35.6 Å². The summed E-state index contributed by atoms with van der Waals surface area (Å²) in [5.74, 6) is -0.193. The van der Waals surface area contributed by atoms with Gasteiger partial charge in [0.1, 0.15) is 11.4 Å². The number of halogens is 1. The first-order valence-corrected chi connectivity index (χ1v) is 4.79. The summed E-state index contributed by atoms with van der Waals surface area (Å²) in [6.07, 6.45) is 0.695. The summed E-state index contributed by atoms with van der Waals surface area (Å²) in [6, 6.07) is 4.50. The van der Waals surface area contributed by atoms with Crippen molar-refractivity contribution in [1.82, 2.24) is 0 Å². The van der Waals surface area contributed by atoms with Crippen molar-refractivity contribution in [1.29, 1.82) is 0 Å². The van der Waals surface area contributed by atoms with Crippen LogP contribution in [0.4, 0.5) is 4.39 Å². The van der Waals surface area contributed by atoms with E-state index in [2.05, 4.69) is 0 Å². The monoisotopic (exact) mass is 195 g/mol. The summed E-state index contributed by atoms with van der Waals surface area (Å²) < 4.78 is 12.9. The van der Waals surface area contributed by atoms with Gasteiger partial charge in [0.2, 0.25) is 0 Å². The molecule has 0 aromatic heterocycles. The summed E-state index contributed by atoms with van der Waals surface area (Å²) in [7, 11) is 0. The second-order valence-electron chi connectivity index (χ2n) is 4.04. The third kappa shape index (κ3) is 1.16. The van der Waals surface area contributed by atoms with Gasteiger partial charge in [0, 0.05) is 6.54 Å². The van der Waals surface area contributed by atoms with Gasteiger partial charge in [-0.3, -0.25) is 0 Å². The highest BCUT2D eigenvalue weighted by Gasteiger charge is 2.41. The minimum Gasteiger partial charge on any atom is -0.384 e. The fraction of sp³-hybridized carbons (Fsp3) is 0.455. The molecule has 0 saturated carbocycles. The maximum absolute atomic E-state index is 12.9. The summed E-state index contributed by atoms with van der Waals surface area (Å²) in [5, 5.41) is 10.3. The highest BCUT2D eigenvalue weighted by atomic mass is 19.1. The van der Waals surface area contributed by atoms with Gasteiger partial charge in [-0.15, -0.1) is 0 Å². The molecule has 1 aromatic carbocycles. The van der Waals surface area contributed by atoms with Gasteiger partial charge in [-0.25, -0.2) is 4.39 Å². The zero-order chi connectivity index (χ0) is 10.3. The summed E-state index contributed by atoms with van der Waals surface area (Å²) in [4.78, 5) is 0. The van der Waals surface area contributed by atoms with Crippen molar-refractivity contribution in [3.8, 4) is 0 Å². The molecule has 2 atom stereocenters. The van der Waals surface area contributed by atoms with E-state index in [0.717, 1.165) is 11.1 Å². The molecule has 0 aliphatic heterocycles. The number of benzene rings is 1. The van der Waals surface area contributed by atoms with Crippen LogP contribution in [0.2, 0.25) is 0 Å². The van der Waals surface area contributed by atoms with Crippen molar-refractivity contribution in [2.24, 2.45) is 11.7 Å². The van der Waals surface area contributed by atoms with Crippen LogP contribution in [0.5, 0.6) is 0 Å². The van der Waals surface area contributed by atoms with E-state index >= 15 is 0 Å². The smallest absolute Gasteiger partial charge is 0.123 e. The molecule has 1 aliphatic rings. The van der Waals surface area contributed by atoms with Crippen LogP contribution in [0.1, 0.15) is 18.1 Å². The standard InChI is InChI=1S/C11H14FNO/c1-7-4-8-5-9(12)2-3-10(8)11(7,14)6-13/h2-3,5,7,14H,4,6,13H2,1H3. The van der Waals surface area contributed by atoms with Crippen molar-refractivity contribution in [3.63, 3.8) is 0 Å². The van der Waals surface area contributed by atoms with Crippen molar-refractivity contribution >= 4 is 0 Å². The lowest BCUT2D eigenvalue weighted by Gasteiger charge is -2.27. The number of hydrogen-bond donors (Lipinski definition) is 2. The van der Waals surface area contributed by atoms with Crippen LogP contribution < -0.4 is 5.73 Å². The third-order valence-corrected chi connectivity index (χ3v) is 3.19. The number of fused-ring (bicyclic) bond motifs is 1. The molecule has 2 nitrogen and oxygen atoms in total. The van der Waals surface area contributed by atoms with Crippen molar-refractivity contribution < 1.29 is 9.50 Å². The fourth-order valence-electron chi connectivity index (χ4n) is 2.23. The topological polar surface area (TPSA) is 46.2 Å². The van der Waals surface area contributed by atoms with Crippen LogP contribution in [0, 0.1) is 11.7 Å². The molecular formula is C11H14FNO. The zero-order valence-corrected chi connectivity index (χ0v) is 8.13. The molecule has 2 rings (SSSR count). The molecule has 2 unspecified atom stereocenters. The van der Waals surface area contributed by atoms with E-state index in [1.165, 1.54) is 12.1 Å². The minimum absolute atomic E-state index is 0.0595. The molecule has 0 bridgehead atoms. The van der Waals surface area contributed by atoms with Crippen LogP contribution in [0.15, 0.2) is 18.2 Å².